The van der Waals surface area contributed by atoms with Crippen molar-refractivity contribution >= 4 is 45.4 Å². The first-order chi connectivity index (χ1) is 29.9. The lowest BCUT2D eigenvalue weighted by molar-refractivity contribution is -0.135. The molecule has 3 fully saturated rings. The number of ether oxygens (including phenoxy) is 3. The summed E-state index contributed by atoms with van der Waals surface area (Å²) in [6.07, 6.45) is 10.2. The predicted octanol–water partition coefficient (Wildman–Crippen LogP) is 4.40. The molecule has 2 aromatic heterocycles. The summed E-state index contributed by atoms with van der Waals surface area (Å²) >= 11 is 0. The van der Waals surface area contributed by atoms with Crippen molar-refractivity contribution in [1.82, 2.24) is 29.7 Å². The molecule has 3 atom stereocenters. The number of hydrogen-bond acceptors (Lipinski definition) is 10. The van der Waals surface area contributed by atoms with E-state index in [0.29, 0.717) is 65.5 Å². The van der Waals surface area contributed by atoms with Gasteiger partial charge in [-0.2, -0.15) is 0 Å². The van der Waals surface area contributed by atoms with E-state index in [1.54, 1.807) is 29.9 Å². The molecule has 62 heavy (non-hydrogen) atoms. The number of imide groups is 1. The van der Waals surface area contributed by atoms with Crippen LogP contribution in [0.2, 0.25) is 0 Å². The Morgan fingerprint density at radius 2 is 1.82 bits per heavy atom. The predicted molar refractivity (Wildman–Crippen MR) is 235 cm³/mol. The Hall–Kier alpha value is -5.72. The highest BCUT2D eigenvalue weighted by molar-refractivity contribution is 6.03. The Labute approximate surface area is 362 Å². The number of nitrogens with zero attached hydrogens (tertiary/aromatic N) is 4. The SMILES string of the molecule is CC[C@@H]1CC(=O)N[C@@H]1COc1ncc(C#CC2CCC(CN(C)CCCOCCCc3cccc4c3n(C)c(=O)n4C3CCC(=O)NC3=O)CC2)c2cc(C(N)=O)c(OC)cc12. The molecule has 1 saturated carbocycles. The summed E-state index contributed by atoms with van der Waals surface area (Å²) in [6.45, 7) is 5.60. The standard InChI is InChI=1S/C47H59N7O8/c1-5-31-23-42(56)50-37(31)28-62-46-35-25-40(60-4)36(44(48)57)24-34(35)33(26-49-46)17-16-29-12-14-30(15-13-29)27-52(2)20-8-22-61-21-7-10-32-9-6-11-38-43(32)53(3)47(59)54(38)39-18-19-41(55)51-45(39)58/h6,9,11,24-26,29-31,37,39H,5,7-8,10,12-15,18-23,27-28H2,1-4H3,(H2,48,57)(H,50,56)(H,51,55,58)/t29?,30?,31-,37-,39?/m1/s1. The van der Waals surface area contributed by atoms with Gasteiger partial charge < -0.3 is 30.2 Å². The van der Waals surface area contributed by atoms with Crippen molar-refractivity contribution in [2.45, 2.75) is 89.6 Å². The number of nitrogens with two attached hydrogens (primary N) is 1. The second-order valence-corrected chi connectivity index (χ2v) is 17.1. The molecule has 0 radical (unpaired) electrons. The number of amides is 4. The van der Waals surface area contributed by atoms with Crippen molar-refractivity contribution in [1.29, 1.82) is 0 Å². The van der Waals surface area contributed by atoms with Crippen LogP contribution in [-0.2, 0) is 32.6 Å². The van der Waals surface area contributed by atoms with Crippen LogP contribution in [0.25, 0.3) is 21.8 Å². The molecule has 15 nitrogen and oxygen atoms in total. The van der Waals surface area contributed by atoms with E-state index >= 15 is 0 Å². The molecular weight excluding hydrogens is 791 g/mol. The van der Waals surface area contributed by atoms with Crippen molar-refractivity contribution in [2.75, 3.05) is 47.1 Å². The van der Waals surface area contributed by atoms with Gasteiger partial charge in [-0.25, -0.2) is 9.78 Å². The fourth-order valence-electron chi connectivity index (χ4n) is 9.41. The maximum absolute atomic E-state index is 13.2. The minimum absolute atomic E-state index is 0.0282. The molecule has 4 amide bonds. The quantitative estimate of drug-likeness (QED) is 0.0781. The first kappa shape index (κ1) is 44.3. The molecule has 4 heterocycles. The van der Waals surface area contributed by atoms with Gasteiger partial charge in [-0.15, -0.1) is 0 Å². The van der Waals surface area contributed by atoms with E-state index in [0.717, 1.165) is 75.5 Å². The van der Waals surface area contributed by atoms with Gasteiger partial charge in [0.25, 0.3) is 5.91 Å². The number of primary amides is 1. The van der Waals surface area contributed by atoms with Crippen LogP contribution in [0.1, 0.15) is 98.7 Å². The summed E-state index contributed by atoms with van der Waals surface area (Å²) in [4.78, 5) is 69.0. The van der Waals surface area contributed by atoms with Crippen LogP contribution in [0, 0.1) is 29.6 Å². The van der Waals surface area contributed by atoms with Crippen LogP contribution >= 0.6 is 0 Å². The minimum Gasteiger partial charge on any atom is -0.496 e. The van der Waals surface area contributed by atoms with E-state index in [-0.39, 0.29) is 54.0 Å². The highest BCUT2D eigenvalue weighted by Crippen LogP contribution is 2.34. The number of piperidine rings is 1. The van der Waals surface area contributed by atoms with E-state index in [2.05, 4.69) is 46.3 Å². The normalized spacial score (nSPS) is 21.5. The molecule has 3 aliphatic rings. The number of methoxy groups -OCH3 is 1. The Balaban J connectivity index is 0.860. The number of nitrogens with one attached hydrogen (secondary N) is 2. The molecule has 0 bridgehead atoms. The summed E-state index contributed by atoms with van der Waals surface area (Å²) in [5.74, 6) is 7.32. The monoisotopic (exact) mass is 849 g/mol. The number of imidazole rings is 1. The molecule has 0 spiro atoms. The molecule has 2 aliphatic heterocycles. The molecule has 15 heteroatoms. The fraction of sp³-hybridized carbons (Fsp3) is 0.532. The molecule has 7 rings (SSSR count). The van der Waals surface area contributed by atoms with Crippen molar-refractivity contribution in [3.05, 3.63) is 63.7 Å². The van der Waals surface area contributed by atoms with Crippen LogP contribution in [0.5, 0.6) is 11.6 Å². The summed E-state index contributed by atoms with van der Waals surface area (Å²) in [5.41, 5.74) is 8.96. The zero-order chi connectivity index (χ0) is 43.9. The number of carbonyl (C=O) groups is 4. The Morgan fingerprint density at radius 3 is 2.56 bits per heavy atom. The van der Waals surface area contributed by atoms with E-state index in [4.69, 9.17) is 19.9 Å². The van der Waals surface area contributed by atoms with Crippen LogP contribution in [0.15, 0.2) is 41.3 Å². The third-order valence-corrected chi connectivity index (χ3v) is 12.8. The van der Waals surface area contributed by atoms with Gasteiger partial charge >= 0.3 is 5.69 Å². The Bertz CT molecular complexity index is 2440. The molecule has 1 aliphatic carbocycles. The average Bonchev–Trinajstić information content (AvgIpc) is 3.76. The van der Waals surface area contributed by atoms with E-state index in [1.165, 1.54) is 11.7 Å². The van der Waals surface area contributed by atoms with Crippen molar-refractivity contribution in [3.8, 4) is 23.5 Å². The molecule has 1 unspecified atom stereocenters. The van der Waals surface area contributed by atoms with Gasteiger partial charge in [-0.1, -0.05) is 37.3 Å². The summed E-state index contributed by atoms with van der Waals surface area (Å²) in [5, 5.41) is 6.75. The third-order valence-electron chi connectivity index (χ3n) is 12.8. The van der Waals surface area contributed by atoms with Gasteiger partial charge in [-0.05, 0) is 94.0 Å². The van der Waals surface area contributed by atoms with Gasteiger partial charge in [-0.3, -0.25) is 33.6 Å². The molecule has 330 valence electrons. The van der Waals surface area contributed by atoms with Crippen LogP contribution in [-0.4, -0.2) is 95.8 Å². The first-order valence-electron chi connectivity index (χ1n) is 22.0. The lowest BCUT2D eigenvalue weighted by Gasteiger charge is -2.29. The first-order valence-corrected chi connectivity index (χ1v) is 22.0. The number of aromatic nitrogens is 3. The number of carbonyl (C=O) groups excluding carboxylic acids is 4. The molecular formula is C47H59N7O8. The van der Waals surface area contributed by atoms with Crippen molar-refractivity contribution in [2.24, 2.45) is 30.5 Å². The van der Waals surface area contributed by atoms with E-state index < -0.39 is 17.9 Å². The number of rotatable bonds is 17. The zero-order valence-electron chi connectivity index (χ0n) is 36.3. The maximum atomic E-state index is 13.2. The molecule has 2 saturated heterocycles. The number of para-hydroxylation sites is 1. The maximum Gasteiger partial charge on any atom is 0.329 e. The summed E-state index contributed by atoms with van der Waals surface area (Å²) in [6, 6.07) is 8.42. The smallest absolute Gasteiger partial charge is 0.329 e. The third kappa shape index (κ3) is 9.98. The highest BCUT2D eigenvalue weighted by atomic mass is 16.5. The number of pyridine rings is 1. The van der Waals surface area contributed by atoms with Gasteiger partial charge in [0.15, 0.2) is 0 Å². The van der Waals surface area contributed by atoms with E-state index in [9.17, 15) is 24.0 Å². The lowest BCUT2D eigenvalue weighted by atomic mass is 9.82. The molecule has 4 aromatic rings. The highest BCUT2D eigenvalue weighted by Gasteiger charge is 2.33. The topological polar surface area (TPSA) is 189 Å². The fourth-order valence-corrected chi connectivity index (χ4v) is 9.41. The van der Waals surface area contributed by atoms with Crippen molar-refractivity contribution in [3.63, 3.8) is 0 Å². The minimum atomic E-state index is -0.700. The summed E-state index contributed by atoms with van der Waals surface area (Å²) in [7, 11) is 5.39. The summed E-state index contributed by atoms with van der Waals surface area (Å²) < 4.78 is 20.8. The van der Waals surface area contributed by atoms with Crippen LogP contribution in [0.4, 0.5) is 0 Å². The molecule has 2 aromatic carbocycles. The zero-order valence-corrected chi connectivity index (χ0v) is 36.3. The Morgan fingerprint density at radius 1 is 1.03 bits per heavy atom. The number of fused-ring (bicyclic) bond motifs is 2. The van der Waals surface area contributed by atoms with Gasteiger partial charge in [0.05, 0.1) is 35.3 Å². The van der Waals surface area contributed by atoms with Crippen molar-refractivity contribution < 1.29 is 33.4 Å². The second-order valence-electron chi connectivity index (χ2n) is 17.1. The number of hydrogen-bond donors (Lipinski definition) is 3. The van der Waals surface area contributed by atoms with Crippen LogP contribution < -0.4 is 31.5 Å². The van der Waals surface area contributed by atoms with Gasteiger partial charge in [0, 0.05) is 69.1 Å². The largest absolute Gasteiger partial charge is 0.496 e. The Kier molecular flexibility index (Phi) is 14.3. The lowest BCUT2D eigenvalue weighted by Crippen LogP contribution is -2.44. The van der Waals surface area contributed by atoms with E-state index in [1.807, 2.05) is 18.2 Å². The average molecular weight is 850 g/mol. The number of benzene rings is 2. The van der Waals surface area contributed by atoms with Gasteiger partial charge in [0.2, 0.25) is 23.6 Å². The van der Waals surface area contributed by atoms with Gasteiger partial charge in [0.1, 0.15) is 18.4 Å². The molecule has 4 N–H and O–H groups in total. The second kappa shape index (κ2) is 20.0. The van der Waals surface area contributed by atoms with Crippen LogP contribution in [0.3, 0.4) is 0 Å². The number of aryl methyl sites for hydroxylation is 2.